The molecule has 0 aliphatic carbocycles. The summed E-state index contributed by atoms with van der Waals surface area (Å²) in [5.74, 6) is -1.01. The number of aliphatic hydroxyl groups is 1. The summed E-state index contributed by atoms with van der Waals surface area (Å²) in [5.41, 5.74) is 3.04. The number of rotatable bonds is 7. The Morgan fingerprint density at radius 2 is 1.50 bits per heavy atom. The maximum absolute atomic E-state index is 13.2. The third-order valence-electron chi connectivity index (χ3n) is 6.11. The van der Waals surface area contributed by atoms with Gasteiger partial charge in [-0.25, -0.2) is 0 Å². The smallest absolute Gasteiger partial charge is 0.295 e. The second-order valence-corrected chi connectivity index (χ2v) is 8.50. The fraction of sp³-hybridized carbons (Fsp3) is 0.100. The van der Waals surface area contributed by atoms with E-state index in [-0.39, 0.29) is 17.9 Å². The van der Waals surface area contributed by atoms with Gasteiger partial charge in [0.05, 0.1) is 11.6 Å². The molecule has 0 radical (unpaired) electrons. The Morgan fingerprint density at radius 3 is 2.19 bits per heavy atom. The second kappa shape index (κ2) is 10.3. The van der Waals surface area contributed by atoms with Gasteiger partial charge in [-0.3, -0.25) is 14.6 Å². The van der Waals surface area contributed by atoms with Crippen LogP contribution in [-0.2, 0) is 22.7 Å². The molecule has 1 fully saturated rings. The van der Waals surface area contributed by atoms with E-state index in [4.69, 9.17) is 4.74 Å². The number of aromatic nitrogens is 1. The number of ketones is 1. The Bertz CT molecular complexity index is 1400. The van der Waals surface area contributed by atoms with Crippen molar-refractivity contribution >= 4 is 17.4 Å². The third kappa shape index (κ3) is 4.74. The maximum atomic E-state index is 13.2. The highest BCUT2D eigenvalue weighted by Crippen LogP contribution is 2.41. The SMILES string of the molecule is O=C1C(=O)N(Cc2ccccc2)C(c2cccc(OCc3ccccc3)c2)C1=C(O)c1ccncc1. The molecular formula is C30H24N2O4. The summed E-state index contributed by atoms with van der Waals surface area (Å²) >= 11 is 0. The van der Waals surface area contributed by atoms with Crippen molar-refractivity contribution in [1.29, 1.82) is 0 Å². The molecule has 36 heavy (non-hydrogen) atoms. The number of hydrogen-bond donors (Lipinski definition) is 1. The van der Waals surface area contributed by atoms with Crippen molar-refractivity contribution in [2.45, 2.75) is 19.2 Å². The maximum Gasteiger partial charge on any atom is 0.295 e. The van der Waals surface area contributed by atoms with E-state index in [1.165, 1.54) is 17.3 Å². The molecule has 178 valence electrons. The normalized spacial score (nSPS) is 16.8. The van der Waals surface area contributed by atoms with E-state index in [0.717, 1.165) is 11.1 Å². The lowest BCUT2D eigenvalue weighted by Gasteiger charge is -2.26. The minimum absolute atomic E-state index is 0.0438. The Morgan fingerprint density at radius 1 is 0.833 bits per heavy atom. The first kappa shape index (κ1) is 23.1. The summed E-state index contributed by atoms with van der Waals surface area (Å²) in [6.45, 7) is 0.601. The summed E-state index contributed by atoms with van der Waals surface area (Å²) < 4.78 is 6.00. The van der Waals surface area contributed by atoms with Gasteiger partial charge in [-0.2, -0.15) is 0 Å². The molecule has 1 aromatic heterocycles. The first-order valence-electron chi connectivity index (χ1n) is 11.6. The van der Waals surface area contributed by atoms with Crippen molar-refractivity contribution in [3.05, 3.63) is 137 Å². The highest BCUT2D eigenvalue weighted by atomic mass is 16.5. The number of carbonyl (C=O) groups excluding carboxylic acids is 2. The van der Waals surface area contributed by atoms with Gasteiger partial charge in [-0.15, -0.1) is 0 Å². The van der Waals surface area contributed by atoms with E-state index in [9.17, 15) is 14.7 Å². The predicted octanol–water partition coefficient (Wildman–Crippen LogP) is 5.28. The van der Waals surface area contributed by atoms with Crippen LogP contribution >= 0.6 is 0 Å². The van der Waals surface area contributed by atoms with E-state index in [0.29, 0.717) is 23.5 Å². The van der Waals surface area contributed by atoms with Crippen LogP contribution in [-0.4, -0.2) is 26.7 Å². The van der Waals surface area contributed by atoms with Crippen LogP contribution in [0, 0.1) is 0 Å². The average molecular weight is 477 g/mol. The number of amides is 1. The molecule has 5 rings (SSSR count). The molecule has 0 bridgehead atoms. The van der Waals surface area contributed by atoms with Gasteiger partial charge >= 0.3 is 0 Å². The number of Topliss-reactive ketones (excluding diaryl/α,β-unsaturated/α-hetero) is 1. The Balaban J connectivity index is 1.55. The van der Waals surface area contributed by atoms with Gasteiger partial charge in [0.1, 0.15) is 18.1 Å². The first-order chi connectivity index (χ1) is 17.6. The zero-order valence-electron chi connectivity index (χ0n) is 19.5. The molecule has 1 aliphatic heterocycles. The van der Waals surface area contributed by atoms with Gasteiger partial charge in [0.2, 0.25) is 0 Å². The van der Waals surface area contributed by atoms with Crippen molar-refractivity contribution < 1.29 is 19.4 Å². The lowest BCUT2D eigenvalue weighted by Crippen LogP contribution is -2.29. The monoisotopic (exact) mass is 476 g/mol. The third-order valence-corrected chi connectivity index (χ3v) is 6.11. The highest BCUT2D eigenvalue weighted by molar-refractivity contribution is 6.46. The van der Waals surface area contributed by atoms with Crippen molar-refractivity contribution in [3.8, 4) is 5.75 Å². The van der Waals surface area contributed by atoms with Gasteiger partial charge in [0.25, 0.3) is 11.7 Å². The van der Waals surface area contributed by atoms with Crippen LogP contribution in [0.3, 0.4) is 0 Å². The minimum Gasteiger partial charge on any atom is -0.507 e. The average Bonchev–Trinajstić information content (AvgIpc) is 3.18. The van der Waals surface area contributed by atoms with Gasteiger partial charge in [-0.1, -0.05) is 72.8 Å². The number of hydrogen-bond acceptors (Lipinski definition) is 5. The quantitative estimate of drug-likeness (QED) is 0.223. The van der Waals surface area contributed by atoms with Crippen LogP contribution in [0.2, 0.25) is 0 Å². The van der Waals surface area contributed by atoms with Gasteiger partial charge in [0, 0.05) is 24.5 Å². The molecule has 6 nitrogen and oxygen atoms in total. The number of pyridine rings is 1. The summed E-state index contributed by atoms with van der Waals surface area (Å²) in [7, 11) is 0. The lowest BCUT2D eigenvalue weighted by atomic mass is 9.95. The predicted molar refractivity (Wildman–Crippen MR) is 136 cm³/mol. The van der Waals surface area contributed by atoms with Crippen LogP contribution in [0.1, 0.15) is 28.3 Å². The molecule has 1 saturated heterocycles. The number of ether oxygens (including phenoxy) is 1. The first-order valence-corrected chi connectivity index (χ1v) is 11.6. The molecule has 1 amide bonds. The molecule has 3 aromatic carbocycles. The molecule has 4 aromatic rings. The zero-order valence-corrected chi connectivity index (χ0v) is 19.5. The van der Waals surface area contributed by atoms with Crippen molar-refractivity contribution in [1.82, 2.24) is 9.88 Å². The fourth-order valence-electron chi connectivity index (χ4n) is 4.35. The summed E-state index contributed by atoms with van der Waals surface area (Å²) in [6.07, 6.45) is 3.06. The minimum atomic E-state index is -0.779. The number of likely N-dealkylation sites (tertiary alicyclic amines) is 1. The van der Waals surface area contributed by atoms with Crippen LogP contribution < -0.4 is 4.74 Å². The van der Waals surface area contributed by atoms with Gasteiger partial charge in [-0.05, 0) is 41.0 Å². The summed E-state index contributed by atoms with van der Waals surface area (Å²) in [4.78, 5) is 31.9. The lowest BCUT2D eigenvalue weighted by molar-refractivity contribution is -0.140. The second-order valence-electron chi connectivity index (χ2n) is 8.50. The number of nitrogens with zero attached hydrogens (tertiary/aromatic N) is 2. The van der Waals surface area contributed by atoms with E-state index in [1.807, 2.05) is 84.9 Å². The highest BCUT2D eigenvalue weighted by Gasteiger charge is 2.46. The summed E-state index contributed by atoms with van der Waals surface area (Å²) in [5, 5.41) is 11.2. The zero-order chi connectivity index (χ0) is 24.9. The number of aliphatic hydroxyl groups excluding tert-OH is 1. The molecule has 1 aliphatic rings. The molecule has 6 heteroatoms. The Hall–Kier alpha value is -4.71. The molecule has 2 heterocycles. The van der Waals surface area contributed by atoms with Crippen LogP contribution in [0.4, 0.5) is 0 Å². The van der Waals surface area contributed by atoms with Crippen molar-refractivity contribution in [3.63, 3.8) is 0 Å². The van der Waals surface area contributed by atoms with E-state index < -0.39 is 17.7 Å². The topological polar surface area (TPSA) is 79.7 Å². The number of carbonyl (C=O) groups is 2. The molecule has 1 N–H and O–H groups in total. The van der Waals surface area contributed by atoms with Crippen LogP contribution in [0.5, 0.6) is 5.75 Å². The standard InChI is InChI=1S/C30H24N2O4/c33-28(23-14-16-31-17-15-23)26-27(32(30(35)29(26)34)19-21-8-3-1-4-9-21)24-12-7-13-25(18-24)36-20-22-10-5-2-6-11-22/h1-18,27,33H,19-20H2. The summed E-state index contributed by atoms with van der Waals surface area (Å²) in [6, 6.07) is 29.0. The van der Waals surface area contributed by atoms with Crippen LogP contribution in [0.25, 0.3) is 5.76 Å². The van der Waals surface area contributed by atoms with Crippen LogP contribution in [0.15, 0.2) is 115 Å². The molecular weight excluding hydrogens is 452 g/mol. The van der Waals surface area contributed by atoms with Crippen molar-refractivity contribution in [2.75, 3.05) is 0 Å². The van der Waals surface area contributed by atoms with E-state index >= 15 is 0 Å². The largest absolute Gasteiger partial charge is 0.507 e. The molecule has 1 unspecified atom stereocenters. The molecule has 0 spiro atoms. The molecule has 1 atom stereocenters. The van der Waals surface area contributed by atoms with Crippen molar-refractivity contribution in [2.24, 2.45) is 0 Å². The van der Waals surface area contributed by atoms with E-state index in [1.54, 1.807) is 12.1 Å². The number of benzene rings is 3. The van der Waals surface area contributed by atoms with Gasteiger partial charge in [0.15, 0.2) is 0 Å². The Kier molecular flexibility index (Phi) is 6.58. The van der Waals surface area contributed by atoms with E-state index in [2.05, 4.69) is 4.98 Å². The molecule has 0 saturated carbocycles. The Labute approximate surface area is 209 Å². The fourth-order valence-corrected chi connectivity index (χ4v) is 4.35. The van der Waals surface area contributed by atoms with Gasteiger partial charge < -0.3 is 14.7 Å².